The van der Waals surface area contributed by atoms with Gasteiger partial charge in [0.05, 0.1) is 6.61 Å². The molecule has 0 aromatic carbocycles. The van der Waals surface area contributed by atoms with Crippen molar-refractivity contribution in [2.45, 2.75) is 39.0 Å². The highest BCUT2D eigenvalue weighted by atomic mass is 16.5. The first kappa shape index (κ1) is 13.3. The molecular weight excluding hydrogens is 224 g/mol. The molecule has 1 aliphatic carbocycles. The Morgan fingerprint density at radius 2 is 2.11 bits per heavy atom. The summed E-state index contributed by atoms with van der Waals surface area (Å²) in [4.78, 5) is 4.42. The molecule has 1 N–H and O–H groups in total. The monoisotopic (exact) mass is 248 g/mol. The molecule has 1 saturated carbocycles. The van der Waals surface area contributed by atoms with Crippen molar-refractivity contribution in [3.05, 3.63) is 23.9 Å². The highest BCUT2D eigenvalue weighted by molar-refractivity contribution is 5.36. The lowest BCUT2D eigenvalue weighted by molar-refractivity contribution is 0.134. The van der Waals surface area contributed by atoms with E-state index in [9.17, 15) is 0 Å². The molecule has 3 nitrogen and oxygen atoms in total. The van der Waals surface area contributed by atoms with E-state index in [1.165, 1.54) is 18.4 Å². The van der Waals surface area contributed by atoms with Crippen LogP contribution in [0.1, 0.15) is 39.2 Å². The average Bonchev–Trinajstić information content (AvgIpc) is 3.12. The lowest BCUT2D eigenvalue weighted by Gasteiger charge is -2.18. The van der Waals surface area contributed by atoms with E-state index in [1.807, 2.05) is 12.3 Å². The van der Waals surface area contributed by atoms with E-state index in [0.717, 1.165) is 31.5 Å². The maximum Gasteiger partial charge on any atom is 0.125 e. The first-order valence-corrected chi connectivity index (χ1v) is 6.84. The molecule has 0 bridgehead atoms. The van der Waals surface area contributed by atoms with Crippen LogP contribution in [0.2, 0.25) is 0 Å². The number of nitrogens with one attached hydrogen (secondary N) is 1. The number of nitrogens with zero attached hydrogens (tertiary/aromatic N) is 1. The van der Waals surface area contributed by atoms with Crippen molar-refractivity contribution in [1.82, 2.24) is 4.98 Å². The van der Waals surface area contributed by atoms with E-state index in [2.05, 4.69) is 37.1 Å². The highest BCUT2D eigenvalue weighted by Crippen LogP contribution is 2.28. The van der Waals surface area contributed by atoms with Crippen molar-refractivity contribution >= 4 is 5.82 Å². The second kappa shape index (κ2) is 5.70. The van der Waals surface area contributed by atoms with Gasteiger partial charge in [-0.25, -0.2) is 4.98 Å². The second-order valence-electron chi connectivity index (χ2n) is 6.13. The Labute approximate surface area is 110 Å². The summed E-state index contributed by atoms with van der Waals surface area (Å²) in [7, 11) is 0. The van der Waals surface area contributed by atoms with Gasteiger partial charge in [-0.1, -0.05) is 26.8 Å². The van der Waals surface area contributed by atoms with Gasteiger partial charge in [0.25, 0.3) is 0 Å². The minimum absolute atomic E-state index is 0.166. The summed E-state index contributed by atoms with van der Waals surface area (Å²) in [5.74, 6) is 1.77. The standard InChI is InChI=1S/C15H24N2O/c1-15(2,3)13-6-7-14(17-10-13)16-8-9-18-11-12-4-5-12/h6-7,10,12H,4-5,8-9,11H2,1-3H3,(H,16,17). The molecule has 0 unspecified atom stereocenters. The smallest absolute Gasteiger partial charge is 0.125 e. The van der Waals surface area contributed by atoms with Crippen LogP contribution in [0.3, 0.4) is 0 Å². The Morgan fingerprint density at radius 3 is 2.67 bits per heavy atom. The van der Waals surface area contributed by atoms with Gasteiger partial charge < -0.3 is 10.1 Å². The Balaban J connectivity index is 1.69. The lowest BCUT2D eigenvalue weighted by atomic mass is 9.88. The van der Waals surface area contributed by atoms with E-state index >= 15 is 0 Å². The molecule has 1 aromatic rings. The van der Waals surface area contributed by atoms with E-state index in [0.29, 0.717) is 0 Å². The van der Waals surface area contributed by atoms with Crippen LogP contribution in [0.15, 0.2) is 18.3 Å². The molecule has 0 aliphatic heterocycles. The average molecular weight is 248 g/mol. The predicted molar refractivity (Wildman–Crippen MR) is 75.0 cm³/mol. The highest BCUT2D eigenvalue weighted by Gasteiger charge is 2.20. The Hall–Kier alpha value is -1.09. The third-order valence-electron chi connectivity index (χ3n) is 3.23. The van der Waals surface area contributed by atoms with Crippen molar-refractivity contribution in [2.75, 3.05) is 25.1 Å². The van der Waals surface area contributed by atoms with E-state index in [-0.39, 0.29) is 5.41 Å². The SMILES string of the molecule is CC(C)(C)c1ccc(NCCOCC2CC2)nc1. The molecule has 1 heterocycles. The van der Waals surface area contributed by atoms with Crippen molar-refractivity contribution in [1.29, 1.82) is 0 Å². The minimum atomic E-state index is 0.166. The summed E-state index contributed by atoms with van der Waals surface area (Å²) in [6, 6.07) is 4.18. The summed E-state index contributed by atoms with van der Waals surface area (Å²) < 4.78 is 5.57. The fraction of sp³-hybridized carbons (Fsp3) is 0.667. The predicted octanol–water partition coefficient (Wildman–Crippen LogP) is 3.22. The van der Waals surface area contributed by atoms with E-state index in [1.54, 1.807) is 0 Å². The Bertz CT molecular complexity index is 363. The maximum absolute atomic E-state index is 5.57. The summed E-state index contributed by atoms with van der Waals surface area (Å²) >= 11 is 0. The van der Waals surface area contributed by atoms with Gasteiger partial charge >= 0.3 is 0 Å². The number of aromatic nitrogens is 1. The van der Waals surface area contributed by atoms with Crippen LogP contribution in [0, 0.1) is 5.92 Å². The molecule has 0 spiro atoms. The van der Waals surface area contributed by atoms with Gasteiger partial charge in [-0.3, -0.25) is 0 Å². The third-order valence-corrected chi connectivity index (χ3v) is 3.23. The second-order valence-corrected chi connectivity index (χ2v) is 6.13. The zero-order chi connectivity index (χ0) is 13.0. The van der Waals surface area contributed by atoms with Gasteiger partial charge in [0.15, 0.2) is 0 Å². The normalized spacial score (nSPS) is 15.7. The molecule has 2 rings (SSSR count). The fourth-order valence-electron chi connectivity index (χ4n) is 1.73. The molecule has 0 radical (unpaired) electrons. The number of rotatable bonds is 6. The van der Waals surface area contributed by atoms with Gasteiger partial charge in [0, 0.05) is 19.3 Å². The number of anilines is 1. The minimum Gasteiger partial charge on any atom is -0.379 e. The molecule has 3 heteroatoms. The van der Waals surface area contributed by atoms with Crippen LogP contribution in [0.5, 0.6) is 0 Å². The summed E-state index contributed by atoms with van der Waals surface area (Å²) in [5.41, 5.74) is 1.43. The van der Waals surface area contributed by atoms with Crippen LogP contribution in [0.4, 0.5) is 5.82 Å². The quantitative estimate of drug-likeness (QED) is 0.785. The molecule has 0 atom stereocenters. The summed E-state index contributed by atoms with van der Waals surface area (Å²) in [6.45, 7) is 9.11. The van der Waals surface area contributed by atoms with Crippen LogP contribution in [-0.2, 0) is 10.2 Å². The Morgan fingerprint density at radius 1 is 1.33 bits per heavy atom. The molecule has 100 valence electrons. The maximum atomic E-state index is 5.57. The van der Waals surface area contributed by atoms with Crippen molar-refractivity contribution in [3.63, 3.8) is 0 Å². The lowest BCUT2D eigenvalue weighted by Crippen LogP contribution is -2.13. The van der Waals surface area contributed by atoms with Gasteiger partial charge in [-0.2, -0.15) is 0 Å². The molecule has 0 amide bonds. The topological polar surface area (TPSA) is 34.1 Å². The summed E-state index contributed by atoms with van der Waals surface area (Å²) in [6.07, 6.45) is 4.65. The molecular formula is C15H24N2O. The number of ether oxygens (including phenoxy) is 1. The van der Waals surface area contributed by atoms with Crippen LogP contribution in [0.25, 0.3) is 0 Å². The number of hydrogen-bond donors (Lipinski definition) is 1. The van der Waals surface area contributed by atoms with Crippen LogP contribution < -0.4 is 5.32 Å². The summed E-state index contributed by atoms with van der Waals surface area (Å²) in [5, 5.41) is 3.28. The van der Waals surface area contributed by atoms with Gasteiger partial charge in [-0.15, -0.1) is 0 Å². The van der Waals surface area contributed by atoms with Crippen LogP contribution >= 0.6 is 0 Å². The Kier molecular flexibility index (Phi) is 4.23. The number of hydrogen-bond acceptors (Lipinski definition) is 3. The van der Waals surface area contributed by atoms with Gasteiger partial charge in [0.1, 0.15) is 5.82 Å². The number of pyridine rings is 1. The van der Waals surface area contributed by atoms with E-state index < -0.39 is 0 Å². The largest absolute Gasteiger partial charge is 0.379 e. The first-order chi connectivity index (χ1) is 8.55. The molecule has 18 heavy (non-hydrogen) atoms. The van der Waals surface area contributed by atoms with Crippen LogP contribution in [-0.4, -0.2) is 24.7 Å². The van der Waals surface area contributed by atoms with Crippen molar-refractivity contribution < 1.29 is 4.74 Å². The third kappa shape index (κ3) is 4.30. The van der Waals surface area contributed by atoms with Crippen molar-refractivity contribution in [2.24, 2.45) is 5.92 Å². The molecule has 1 fully saturated rings. The van der Waals surface area contributed by atoms with Gasteiger partial charge in [0.2, 0.25) is 0 Å². The van der Waals surface area contributed by atoms with Crippen molar-refractivity contribution in [3.8, 4) is 0 Å². The first-order valence-electron chi connectivity index (χ1n) is 6.84. The molecule has 0 saturated heterocycles. The zero-order valence-electron chi connectivity index (χ0n) is 11.7. The molecule has 1 aliphatic rings. The van der Waals surface area contributed by atoms with Gasteiger partial charge in [-0.05, 0) is 35.8 Å². The zero-order valence-corrected chi connectivity index (χ0v) is 11.7. The fourth-order valence-corrected chi connectivity index (χ4v) is 1.73. The van der Waals surface area contributed by atoms with E-state index in [4.69, 9.17) is 4.74 Å². The molecule has 1 aromatic heterocycles.